The highest BCUT2D eigenvalue weighted by molar-refractivity contribution is 6.30. The quantitative estimate of drug-likeness (QED) is 0.863. The van der Waals surface area contributed by atoms with Crippen molar-refractivity contribution in [3.63, 3.8) is 0 Å². The summed E-state index contributed by atoms with van der Waals surface area (Å²) in [6, 6.07) is 0. The summed E-state index contributed by atoms with van der Waals surface area (Å²) in [5.74, 6) is 0.952. The Balaban J connectivity index is 1.95. The lowest BCUT2D eigenvalue weighted by Gasteiger charge is -2.19. The molecular formula is C13H22ClN3O2. The van der Waals surface area contributed by atoms with Gasteiger partial charge in [-0.2, -0.15) is 0 Å². The van der Waals surface area contributed by atoms with Gasteiger partial charge in [-0.25, -0.2) is 4.98 Å². The summed E-state index contributed by atoms with van der Waals surface area (Å²) in [5, 5.41) is 10.2. The summed E-state index contributed by atoms with van der Waals surface area (Å²) in [6.07, 6.45) is 2.76. The first-order valence-corrected chi connectivity index (χ1v) is 7.28. The minimum Gasteiger partial charge on any atom is -0.389 e. The smallest absolute Gasteiger partial charge is 0.151 e. The second-order valence-corrected chi connectivity index (χ2v) is 5.38. The molecule has 0 unspecified atom stereocenters. The molecule has 0 aromatic carbocycles. The van der Waals surface area contributed by atoms with Gasteiger partial charge in [-0.1, -0.05) is 24.9 Å². The van der Waals surface area contributed by atoms with Crippen LogP contribution in [0.2, 0.25) is 5.15 Å². The first-order chi connectivity index (χ1) is 9.19. The van der Waals surface area contributed by atoms with E-state index in [1.54, 1.807) is 0 Å². The number of β-amino-alcohol motifs (C(OH)–C–C–N with tert-alkyl or cyclic N) is 1. The number of unbranched alkanes of at least 4 members (excludes halogenated alkanes) is 1. The number of aliphatic hydroxyl groups is 1. The van der Waals surface area contributed by atoms with Crippen LogP contribution in [0.1, 0.15) is 31.3 Å². The van der Waals surface area contributed by atoms with E-state index in [-0.39, 0.29) is 0 Å². The van der Waals surface area contributed by atoms with E-state index in [0.717, 1.165) is 37.3 Å². The van der Waals surface area contributed by atoms with E-state index in [4.69, 9.17) is 16.3 Å². The molecule has 1 saturated heterocycles. The van der Waals surface area contributed by atoms with Crippen molar-refractivity contribution in [2.75, 3.05) is 26.3 Å². The maximum Gasteiger partial charge on any atom is 0.151 e. The van der Waals surface area contributed by atoms with Gasteiger partial charge in [-0.3, -0.25) is 4.90 Å². The molecule has 1 fully saturated rings. The molecule has 0 spiro atoms. The predicted octanol–water partition coefficient (Wildman–Crippen LogP) is 1.60. The Bertz CT molecular complexity index is 397. The van der Waals surface area contributed by atoms with Gasteiger partial charge in [0, 0.05) is 26.1 Å². The van der Waals surface area contributed by atoms with E-state index < -0.39 is 6.10 Å². The molecule has 1 aliphatic heterocycles. The Kier molecular flexibility index (Phi) is 5.63. The third-order valence-corrected chi connectivity index (χ3v) is 3.57. The minimum atomic E-state index is -0.427. The van der Waals surface area contributed by atoms with Gasteiger partial charge in [-0.15, -0.1) is 0 Å². The number of aryl methyl sites for hydroxylation is 1. The van der Waals surface area contributed by atoms with Gasteiger partial charge in [0.15, 0.2) is 5.15 Å². The topological polar surface area (TPSA) is 61.4 Å². The van der Waals surface area contributed by atoms with Crippen LogP contribution in [0.15, 0.2) is 0 Å². The number of ether oxygens (including phenoxy) is 1. The number of aromatic nitrogens is 2. The van der Waals surface area contributed by atoms with E-state index in [1.807, 2.05) is 0 Å². The second-order valence-electron chi connectivity index (χ2n) is 5.02. The van der Waals surface area contributed by atoms with Crippen molar-refractivity contribution in [1.29, 1.82) is 0 Å². The number of aliphatic hydroxyl groups excluding tert-OH is 1. The van der Waals surface area contributed by atoms with Crippen LogP contribution in [0.25, 0.3) is 0 Å². The minimum absolute atomic E-state index is 0.412. The molecule has 0 saturated carbocycles. The summed E-state index contributed by atoms with van der Waals surface area (Å²) in [4.78, 5) is 9.78. The monoisotopic (exact) mass is 287 g/mol. The number of H-pyrrole nitrogens is 1. The van der Waals surface area contributed by atoms with E-state index in [1.165, 1.54) is 0 Å². The van der Waals surface area contributed by atoms with Crippen LogP contribution in [0.5, 0.6) is 0 Å². The molecule has 0 aliphatic carbocycles. The summed E-state index contributed by atoms with van der Waals surface area (Å²) in [5.41, 5.74) is 0.932. The first-order valence-electron chi connectivity index (χ1n) is 6.90. The zero-order valence-electron chi connectivity index (χ0n) is 11.4. The standard InChI is InChI=1S/C13H22ClN3O2/c1-2-3-4-12-15-11(13(14)16-12)8-17-5-6-19-9-10(18)7-17/h10,18H,2-9H2,1H3,(H,15,16)/t10-/m0/s1. The van der Waals surface area contributed by atoms with Crippen LogP contribution in [-0.4, -0.2) is 52.4 Å². The lowest BCUT2D eigenvalue weighted by atomic mass is 10.2. The van der Waals surface area contributed by atoms with E-state index in [9.17, 15) is 5.11 Å². The average Bonchev–Trinajstić information content (AvgIpc) is 2.58. The Morgan fingerprint density at radius 1 is 1.58 bits per heavy atom. The van der Waals surface area contributed by atoms with Crippen LogP contribution < -0.4 is 0 Å². The molecule has 1 aromatic rings. The Hall–Kier alpha value is -0.620. The molecule has 6 heteroatoms. The third kappa shape index (κ3) is 4.45. The molecule has 2 rings (SSSR count). The molecule has 1 aromatic heterocycles. The highest BCUT2D eigenvalue weighted by Crippen LogP contribution is 2.17. The van der Waals surface area contributed by atoms with Crippen molar-refractivity contribution in [1.82, 2.24) is 14.9 Å². The van der Waals surface area contributed by atoms with Crippen molar-refractivity contribution in [3.8, 4) is 0 Å². The van der Waals surface area contributed by atoms with Gasteiger partial charge in [0.2, 0.25) is 0 Å². The van der Waals surface area contributed by atoms with Crippen molar-refractivity contribution >= 4 is 11.6 Å². The number of hydrogen-bond donors (Lipinski definition) is 2. The van der Waals surface area contributed by atoms with Crippen LogP contribution >= 0.6 is 11.6 Å². The molecule has 108 valence electrons. The van der Waals surface area contributed by atoms with Gasteiger partial charge >= 0.3 is 0 Å². The molecule has 19 heavy (non-hydrogen) atoms. The van der Waals surface area contributed by atoms with E-state index >= 15 is 0 Å². The zero-order chi connectivity index (χ0) is 13.7. The number of nitrogens with one attached hydrogen (secondary N) is 1. The fraction of sp³-hybridized carbons (Fsp3) is 0.769. The molecule has 0 radical (unpaired) electrons. The molecule has 5 nitrogen and oxygen atoms in total. The maximum absolute atomic E-state index is 9.70. The predicted molar refractivity (Wildman–Crippen MR) is 74.3 cm³/mol. The Morgan fingerprint density at radius 3 is 3.21 bits per heavy atom. The van der Waals surface area contributed by atoms with Crippen LogP contribution in [0.3, 0.4) is 0 Å². The van der Waals surface area contributed by atoms with Crippen molar-refractivity contribution in [2.24, 2.45) is 0 Å². The SMILES string of the molecule is CCCCc1nc(Cl)c(CN2CCOC[C@@H](O)C2)[nH]1. The molecule has 1 atom stereocenters. The lowest BCUT2D eigenvalue weighted by molar-refractivity contribution is 0.0562. The van der Waals surface area contributed by atoms with E-state index in [0.29, 0.717) is 31.5 Å². The Morgan fingerprint density at radius 2 is 2.42 bits per heavy atom. The second kappa shape index (κ2) is 7.24. The number of nitrogens with zero attached hydrogens (tertiary/aromatic N) is 2. The number of aromatic amines is 1. The van der Waals surface area contributed by atoms with Gasteiger partial charge < -0.3 is 14.8 Å². The number of imidazole rings is 1. The number of halogens is 1. The van der Waals surface area contributed by atoms with Crippen LogP contribution in [0, 0.1) is 0 Å². The first kappa shape index (κ1) is 14.8. The fourth-order valence-electron chi connectivity index (χ4n) is 2.23. The third-order valence-electron chi connectivity index (χ3n) is 3.26. The van der Waals surface area contributed by atoms with Gasteiger partial charge in [-0.05, 0) is 6.42 Å². The van der Waals surface area contributed by atoms with E-state index in [2.05, 4.69) is 21.8 Å². The van der Waals surface area contributed by atoms with Crippen molar-refractivity contribution in [3.05, 3.63) is 16.7 Å². The number of hydrogen-bond acceptors (Lipinski definition) is 4. The molecule has 2 N–H and O–H groups in total. The average molecular weight is 288 g/mol. The maximum atomic E-state index is 9.70. The molecule has 0 amide bonds. The van der Waals surface area contributed by atoms with Crippen LogP contribution in [-0.2, 0) is 17.7 Å². The van der Waals surface area contributed by atoms with Gasteiger partial charge in [0.1, 0.15) is 5.82 Å². The largest absolute Gasteiger partial charge is 0.389 e. The Labute approximate surface area is 118 Å². The van der Waals surface area contributed by atoms with Gasteiger partial charge in [0.25, 0.3) is 0 Å². The highest BCUT2D eigenvalue weighted by Gasteiger charge is 2.18. The molecular weight excluding hydrogens is 266 g/mol. The van der Waals surface area contributed by atoms with Gasteiger partial charge in [0.05, 0.1) is 25.0 Å². The molecule has 0 bridgehead atoms. The summed E-state index contributed by atoms with van der Waals surface area (Å²) in [7, 11) is 0. The molecule has 1 aliphatic rings. The summed E-state index contributed by atoms with van der Waals surface area (Å²) >= 11 is 6.16. The lowest BCUT2D eigenvalue weighted by Crippen LogP contribution is -2.32. The number of rotatable bonds is 5. The highest BCUT2D eigenvalue weighted by atomic mass is 35.5. The van der Waals surface area contributed by atoms with Crippen molar-refractivity contribution < 1.29 is 9.84 Å². The zero-order valence-corrected chi connectivity index (χ0v) is 12.1. The van der Waals surface area contributed by atoms with Crippen LogP contribution in [0.4, 0.5) is 0 Å². The fourth-order valence-corrected chi connectivity index (χ4v) is 2.44. The normalized spacial score (nSPS) is 21.5. The summed E-state index contributed by atoms with van der Waals surface area (Å²) < 4.78 is 5.31. The van der Waals surface area contributed by atoms with Crippen molar-refractivity contribution in [2.45, 2.75) is 38.8 Å². The summed E-state index contributed by atoms with van der Waals surface area (Å²) in [6.45, 7) is 5.30. The molecule has 2 heterocycles.